The maximum atomic E-state index is 3.60. The van der Waals surface area contributed by atoms with E-state index in [0.717, 1.165) is 12.8 Å². The van der Waals surface area contributed by atoms with Crippen molar-refractivity contribution < 1.29 is 25.8 Å². The number of hydrogen-bond donors (Lipinski definition) is 0. The number of rotatable bonds is 2. The van der Waals surface area contributed by atoms with Crippen molar-refractivity contribution in [3.05, 3.63) is 27.7 Å². The summed E-state index contributed by atoms with van der Waals surface area (Å²) >= 11 is 0. The van der Waals surface area contributed by atoms with Crippen LogP contribution in [0.2, 0.25) is 0 Å². The third kappa shape index (κ3) is 185. The third-order valence-electron chi connectivity index (χ3n) is 0.707. The van der Waals surface area contributed by atoms with E-state index in [1.54, 1.807) is 13.8 Å². The minimum atomic E-state index is 0. The van der Waals surface area contributed by atoms with Gasteiger partial charge in [0.15, 0.2) is 0 Å². The first-order valence-corrected chi connectivity index (χ1v) is 4.83. The molecule has 0 spiro atoms. The Labute approximate surface area is 107 Å². The first-order chi connectivity index (χ1) is 5.83. The van der Waals surface area contributed by atoms with Crippen LogP contribution in [0, 0.1) is 27.7 Å². The van der Waals surface area contributed by atoms with Crippen LogP contribution in [0.25, 0.3) is 0 Å². The molecule has 0 amide bonds. The fraction of sp³-hybridized carbons (Fsp3) is 0.667. The van der Waals surface area contributed by atoms with Crippen molar-refractivity contribution in [3.8, 4) is 0 Å². The van der Waals surface area contributed by atoms with Gasteiger partial charge in [0.05, 0.1) is 0 Å². The summed E-state index contributed by atoms with van der Waals surface area (Å²) in [6.45, 7) is 21.4. The predicted octanol–water partition coefficient (Wildman–Crippen LogP) is 4.92. The first-order valence-electron chi connectivity index (χ1n) is 4.83. The van der Waals surface area contributed by atoms with Crippen LogP contribution >= 0.6 is 0 Å². The molecule has 0 aromatic carbocycles. The van der Waals surface area contributed by atoms with E-state index in [9.17, 15) is 0 Å². The van der Waals surface area contributed by atoms with E-state index < -0.39 is 0 Å². The van der Waals surface area contributed by atoms with Crippen molar-refractivity contribution in [1.82, 2.24) is 0 Å². The van der Waals surface area contributed by atoms with Gasteiger partial charge >= 0.3 is 25.8 Å². The van der Waals surface area contributed by atoms with E-state index in [1.807, 2.05) is 0 Å². The van der Waals surface area contributed by atoms with Crippen LogP contribution in [-0.2, 0) is 25.8 Å². The molecule has 0 aliphatic carbocycles. The molecule has 80 valence electrons. The fourth-order valence-corrected chi connectivity index (χ4v) is 0. The van der Waals surface area contributed by atoms with Crippen molar-refractivity contribution in [2.75, 3.05) is 0 Å². The first kappa shape index (κ1) is 29.2. The van der Waals surface area contributed by atoms with Crippen LogP contribution in [0.4, 0.5) is 0 Å². The van der Waals surface area contributed by atoms with Crippen molar-refractivity contribution in [1.29, 1.82) is 0 Å². The van der Waals surface area contributed by atoms with Gasteiger partial charge in [-0.05, 0) is 0 Å². The molecule has 0 bridgehead atoms. The zero-order chi connectivity index (χ0) is 10.8. The molecule has 0 rings (SSSR count). The summed E-state index contributed by atoms with van der Waals surface area (Å²) in [5.74, 6) is 0. The van der Waals surface area contributed by atoms with Gasteiger partial charge in [-0.25, -0.2) is 0 Å². The Morgan fingerprint density at radius 3 is 0.769 bits per heavy atom. The largest absolute Gasteiger partial charge is 4.00 e. The molecule has 13 heavy (non-hydrogen) atoms. The molecule has 0 N–H and O–H groups in total. The van der Waals surface area contributed by atoms with Crippen LogP contribution in [0.3, 0.4) is 0 Å². The smallest absolute Gasteiger partial charge is 0.346 e. The van der Waals surface area contributed by atoms with Crippen molar-refractivity contribution >= 4 is 0 Å². The molecular formula is C12H28Hf. The summed E-state index contributed by atoms with van der Waals surface area (Å²) in [6.07, 6.45) is 4.56. The fourth-order valence-electron chi connectivity index (χ4n) is 0. The second-order valence-corrected chi connectivity index (χ2v) is 1.71. The van der Waals surface area contributed by atoms with E-state index in [-0.39, 0.29) is 25.8 Å². The summed E-state index contributed by atoms with van der Waals surface area (Å²) < 4.78 is 0. The zero-order valence-corrected chi connectivity index (χ0v) is 13.7. The van der Waals surface area contributed by atoms with E-state index in [2.05, 4.69) is 41.5 Å². The Kier molecular flexibility index (Phi) is 172. The molecule has 0 saturated heterocycles. The van der Waals surface area contributed by atoms with Gasteiger partial charge in [0.25, 0.3) is 0 Å². The summed E-state index contributed by atoms with van der Waals surface area (Å²) in [6, 6.07) is 0. The van der Waals surface area contributed by atoms with Gasteiger partial charge < -0.3 is 27.7 Å². The molecule has 0 saturated carbocycles. The molecule has 0 aromatic rings. The third-order valence-corrected chi connectivity index (χ3v) is 0.707. The molecule has 0 aliphatic heterocycles. The average molecular weight is 351 g/mol. The quantitative estimate of drug-likeness (QED) is 0.490. The molecule has 0 aromatic heterocycles. The molecule has 0 aliphatic rings. The van der Waals surface area contributed by atoms with Gasteiger partial charge in [-0.1, -0.05) is 26.7 Å². The minimum Gasteiger partial charge on any atom is -0.346 e. The molecule has 0 heterocycles. The monoisotopic (exact) mass is 352 g/mol. The van der Waals surface area contributed by atoms with Crippen LogP contribution in [0.1, 0.15) is 53.4 Å². The molecule has 0 nitrogen and oxygen atoms in total. The predicted molar refractivity (Wildman–Crippen MR) is 62.6 cm³/mol. The molecule has 0 atom stereocenters. The molecule has 0 unspecified atom stereocenters. The van der Waals surface area contributed by atoms with Crippen molar-refractivity contribution in [3.63, 3.8) is 0 Å². The van der Waals surface area contributed by atoms with Gasteiger partial charge in [-0.3, -0.25) is 0 Å². The topological polar surface area (TPSA) is 0 Å². The molecule has 0 fully saturated rings. The van der Waals surface area contributed by atoms with Gasteiger partial charge in [0, 0.05) is 0 Å². The Balaban J connectivity index is -0.0000000226. The van der Waals surface area contributed by atoms with E-state index in [4.69, 9.17) is 0 Å². The van der Waals surface area contributed by atoms with Gasteiger partial charge in [0.2, 0.25) is 0 Å². The summed E-state index contributed by atoms with van der Waals surface area (Å²) in [5, 5.41) is 0. The van der Waals surface area contributed by atoms with Gasteiger partial charge in [-0.15, -0.1) is 0 Å². The second-order valence-electron chi connectivity index (χ2n) is 1.71. The second kappa shape index (κ2) is 76.5. The Hall–Kier alpha value is 0.870. The van der Waals surface area contributed by atoms with Crippen LogP contribution < -0.4 is 0 Å². The van der Waals surface area contributed by atoms with Gasteiger partial charge in [0.1, 0.15) is 0 Å². The standard InChI is InChI=1S/2C4H9.2C2H5.Hf/c2*1-3-4-2;2*1-2;/h2*1,3-4H2,2H3;2*1H2,2H3;/q4*-1;+4. The summed E-state index contributed by atoms with van der Waals surface area (Å²) in [7, 11) is 0. The van der Waals surface area contributed by atoms with Crippen molar-refractivity contribution in [2.45, 2.75) is 53.4 Å². The Morgan fingerprint density at radius 2 is 0.769 bits per heavy atom. The maximum Gasteiger partial charge on any atom is 4.00 e. The van der Waals surface area contributed by atoms with E-state index >= 15 is 0 Å². The van der Waals surface area contributed by atoms with Crippen molar-refractivity contribution in [2.24, 2.45) is 0 Å². The minimum absolute atomic E-state index is 0. The van der Waals surface area contributed by atoms with Crippen LogP contribution in [0.15, 0.2) is 0 Å². The van der Waals surface area contributed by atoms with Gasteiger partial charge in [-0.2, -0.15) is 26.7 Å². The molecular weight excluding hydrogens is 323 g/mol. The molecule has 0 radical (unpaired) electrons. The normalized spacial score (nSPS) is 5.54. The van der Waals surface area contributed by atoms with Crippen LogP contribution in [0.5, 0.6) is 0 Å². The summed E-state index contributed by atoms with van der Waals surface area (Å²) in [4.78, 5) is 0. The SMILES string of the molecule is [CH2-]C.[CH2-]C.[CH2-]CCC.[CH2-]CCC.[Hf+4]. The number of unbranched alkanes of at least 4 members (excludes halogenated alkanes) is 2. The van der Waals surface area contributed by atoms with E-state index in [1.165, 1.54) is 12.8 Å². The maximum absolute atomic E-state index is 3.60. The number of hydrogen-bond acceptors (Lipinski definition) is 0. The average Bonchev–Trinajstić information content (AvgIpc) is 2.23. The summed E-state index contributed by atoms with van der Waals surface area (Å²) in [5.41, 5.74) is 0. The van der Waals surface area contributed by atoms with E-state index in [0.29, 0.717) is 0 Å². The zero-order valence-electron chi connectivity index (χ0n) is 10.2. The van der Waals surface area contributed by atoms with Crippen LogP contribution in [-0.4, -0.2) is 0 Å². The Bertz CT molecular complexity index is 13.1. The Morgan fingerprint density at radius 1 is 0.692 bits per heavy atom. The molecule has 1 heteroatoms.